The zero-order valence-corrected chi connectivity index (χ0v) is 16.1. The minimum Gasteiger partial charge on any atom is -0.217 e. The Bertz CT molecular complexity index is 813. The van der Waals surface area contributed by atoms with Crippen molar-refractivity contribution >= 4 is 21.8 Å². The molecule has 25 heavy (non-hydrogen) atoms. The standard InChI is InChI=1S/C16H23N5O2S2/c1-20(2)25(22,23)15-10-6-7-13(11-15)12-24-16-17-18-19-21(16)14-8-4-3-5-9-14/h6-7,10-11,14H,3-5,8-9,12H2,1-2H3. The normalized spacial score (nSPS) is 16.4. The fraction of sp³-hybridized carbons (Fsp3) is 0.562. The van der Waals surface area contributed by atoms with Crippen molar-refractivity contribution in [3.8, 4) is 0 Å². The molecule has 7 nitrogen and oxygen atoms in total. The van der Waals surface area contributed by atoms with Crippen molar-refractivity contribution in [2.75, 3.05) is 14.1 Å². The molecule has 1 aromatic carbocycles. The minimum atomic E-state index is -3.42. The van der Waals surface area contributed by atoms with E-state index in [9.17, 15) is 8.42 Å². The number of tetrazole rings is 1. The summed E-state index contributed by atoms with van der Waals surface area (Å²) in [6.45, 7) is 0. The molecule has 1 fully saturated rings. The molecule has 1 aromatic heterocycles. The molecule has 0 radical (unpaired) electrons. The number of hydrogen-bond acceptors (Lipinski definition) is 6. The third-order valence-corrected chi connectivity index (χ3v) is 7.24. The SMILES string of the molecule is CN(C)S(=O)(=O)c1cccc(CSc2nnnn2C2CCCCC2)c1. The van der Waals surface area contributed by atoms with Crippen LogP contribution in [0.5, 0.6) is 0 Å². The van der Waals surface area contributed by atoms with Crippen LogP contribution in [0, 0.1) is 0 Å². The van der Waals surface area contributed by atoms with Crippen LogP contribution in [-0.2, 0) is 15.8 Å². The van der Waals surface area contributed by atoms with Crippen molar-refractivity contribution in [2.45, 2.75) is 54.0 Å². The number of hydrogen-bond donors (Lipinski definition) is 0. The molecule has 9 heteroatoms. The van der Waals surface area contributed by atoms with E-state index in [0.717, 1.165) is 23.6 Å². The van der Waals surface area contributed by atoms with Crippen molar-refractivity contribution in [1.82, 2.24) is 24.5 Å². The van der Waals surface area contributed by atoms with Gasteiger partial charge in [-0.3, -0.25) is 0 Å². The van der Waals surface area contributed by atoms with Crippen molar-refractivity contribution < 1.29 is 8.42 Å². The molecule has 136 valence electrons. The summed E-state index contributed by atoms with van der Waals surface area (Å²) in [5.41, 5.74) is 0.936. The second-order valence-corrected chi connectivity index (χ2v) is 9.52. The van der Waals surface area contributed by atoms with Crippen LogP contribution in [0.25, 0.3) is 0 Å². The van der Waals surface area contributed by atoms with Gasteiger partial charge in [-0.25, -0.2) is 17.4 Å². The molecule has 0 saturated heterocycles. The van der Waals surface area contributed by atoms with E-state index in [1.807, 2.05) is 10.7 Å². The van der Waals surface area contributed by atoms with E-state index in [0.29, 0.717) is 16.7 Å². The molecule has 0 aliphatic heterocycles. The smallest absolute Gasteiger partial charge is 0.217 e. The summed E-state index contributed by atoms with van der Waals surface area (Å²) in [5, 5.41) is 12.9. The summed E-state index contributed by atoms with van der Waals surface area (Å²) in [5.74, 6) is 0.629. The predicted octanol–water partition coefficient (Wildman–Crippen LogP) is 2.72. The third kappa shape index (κ3) is 4.21. The number of aromatic nitrogens is 4. The first-order valence-electron chi connectivity index (χ1n) is 8.40. The molecule has 0 bridgehead atoms. The molecule has 1 heterocycles. The lowest BCUT2D eigenvalue weighted by molar-refractivity contribution is 0.307. The van der Waals surface area contributed by atoms with Crippen LogP contribution >= 0.6 is 11.8 Å². The molecule has 0 atom stereocenters. The molecule has 3 rings (SSSR count). The number of thioether (sulfide) groups is 1. The molecule has 1 saturated carbocycles. The molecular weight excluding hydrogens is 358 g/mol. The van der Waals surface area contributed by atoms with Gasteiger partial charge in [-0.1, -0.05) is 43.2 Å². The fourth-order valence-electron chi connectivity index (χ4n) is 2.99. The van der Waals surface area contributed by atoms with Crippen molar-refractivity contribution in [3.05, 3.63) is 29.8 Å². The van der Waals surface area contributed by atoms with Gasteiger partial charge >= 0.3 is 0 Å². The number of sulfonamides is 1. The summed E-state index contributed by atoms with van der Waals surface area (Å²) >= 11 is 1.55. The van der Waals surface area contributed by atoms with Crippen LogP contribution in [-0.4, -0.2) is 47.0 Å². The van der Waals surface area contributed by atoms with Gasteiger partial charge in [0.1, 0.15) is 0 Å². The van der Waals surface area contributed by atoms with Crippen LogP contribution in [0.3, 0.4) is 0 Å². The molecule has 1 aliphatic carbocycles. The summed E-state index contributed by atoms with van der Waals surface area (Å²) in [4.78, 5) is 0.308. The second-order valence-electron chi connectivity index (χ2n) is 6.42. The summed E-state index contributed by atoms with van der Waals surface area (Å²) in [7, 11) is -0.345. The van der Waals surface area contributed by atoms with E-state index in [1.165, 1.54) is 37.7 Å². The van der Waals surface area contributed by atoms with Crippen molar-refractivity contribution in [3.63, 3.8) is 0 Å². The highest BCUT2D eigenvalue weighted by molar-refractivity contribution is 7.98. The molecule has 1 aliphatic rings. The lowest BCUT2D eigenvalue weighted by atomic mass is 9.96. The maximum atomic E-state index is 12.3. The van der Waals surface area contributed by atoms with Gasteiger partial charge in [0, 0.05) is 19.8 Å². The molecule has 0 N–H and O–H groups in total. The Kier molecular flexibility index (Phi) is 5.75. The highest BCUT2D eigenvalue weighted by atomic mass is 32.2. The van der Waals surface area contributed by atoms with Crippen LogP contribution in [0.15, 0.2) is 34.3 Å². The first-order valence-corrected chi connectivity index (χ1v) is 10.8. The van der Waals surface area contributed by atoms with Gasteiger partial charge in [0.25, 0.3) is 0 Å². The first-order chi connectivity index (χ1) is 12.0. The second kappa shape index (κ2) is 7.84. The van der Waals surface area contributed by atoms with E-state index in [2.05, 4.69) is 15.5 Å². The molecular formula is C16H23N5O2S2. The van der Waals surface area contributed by atoms with Gasteiger partial charge in [0.2, 0.25) is 15.2 Å². The van der Waals surface area contributed by atoms with Crippen molar-refractivity contribution in [2.24, 2.45) is 0 Å². The Balaban J connectivity index is 1.72. The van der Waals surface area contributed by atoms with E-state index < -0.39 is 10.0 Å². The van der Waals surface area contributed by atoms with E-state index >= 15 is 0 Å². The van der Waals surface area contributed by atoms with Gasteiger partial charge in [-0.05, 0) is 41.0 Å². The van der Waals surface area contributed by atoms with E-state index in [1.54, 1.807) is 30.0 Å². The average molecular weight is 382 g/mol. The van der Waals surface area contributed by atoms with Gasteiger partial charge in [0.05, 0.1) is 10.9 Å². The summed E-state index contributed by atoms with van der Waals surface area (Å²) in [6.07, 6.45) is 5.97. The Hall–Kier alpha value is -1.45. The van der Waals surface area contributed by atoms with Crippen LogP contribution in [0.4, 0.5) is 0 Å². The Morgan fingerprint density at radius 3 is 2.72 bits per heavy atom. The lowest BCUT2D eigenvalue weighted by Crippen LogP contribution is -2.22. The maximum Gasteiger partial charge on any atom is 0.242 e. The average Bonchev–Trinajstić information content (AvgIpc) is 3.09. The fourth-order valence-corrected chi connectivity index (χ4v) is 4.85. The van der Waals surface area contributed by atoms with Gasteiger partial charge in [-0.15, -0.1) is 5.10 Å². The molecule has 2 aromatic rings. The first kappa shape index (κ1) is 18.3. The van der Waals surface area contributed by atoms with E-state index in [-0.39, 0.29) is 0 Å². The lowest BCUT2D eigenvalue weighted by Gasteiger charge is -2.22. The van der Waals surface area contributed by atoms with Crippen LogP contribution < -0.4 is 0 Å². The van der Waals surface area contributed by atoms with E-state index in [4.69, 9.17) is 0 Å². The highest BCUT2D eigenvalue weighted by Gasteiger charge is 2.21. The van der Waals surface area contributed by atoms with Gasteiger partial charge < -0.3 is 0 Å². The Morgan fingerprint density at radius 1 is 1.24 bits per heavy atom. The Morgan fingerprint density at radius 2 is 2.00 bits per heavy atom. The molecule has 0 amide bonds. The van der Waals surface area contributed by atoms with Gasteiger partial charge in [-0.2, -0.15) is 0 Å². The summed E-state index contributed by atoms with van der Waals surface area (Å²) in [6, 6.07) is 7.42. The molecule has 0 unspecified atom stereocenters. The summed E-state index contributed by atoms with van der Waals surface area (Å²) < 4.78 is 27.7. The van der Waals surface area contributed by atoms with Crippen molar-refractivity contribution in [1.29, 1.82) is 0 Å². The largest absolute Gasteiger partial charge is 0.242 e. The predicted molar refractivity (Wildman–Crippen MR) is 96.8 cm³/mol. The maximum absolute atomic E-state index is 12.3. The zero-order valence-electron chi connectivity index (χ0n) is 14.5. The third-order valence-electron chi connectivity index (χ3n) is 4.43. The zero-order chi connectivity index (χ0) is 17.9. The molecule has 0 spiro atoms. The van der Waals surface area contributed by atoms with Crippen LogP contribution in [0.1, 0.15) is 43.7 Å². The number of rotatable bonds is 6. The topological polar surface area (TPSA) is 81.0 Å². The Labute approximate surface area is 152 Å². The quantitative estimate of drug-likeness (QED) is 0.716. The number of benzene rings is 1. The highest BCUT2D eigenvalue weighted by Crippen LogP contribution is 2.31. The van der Waals surface area contributed by atoms with Gasteiger partial charge in [0.15, 0.2) is 0 Å². The minimum absolute atomic E-state index is 0.308. The monoisotopic (exact) mass is 381 g/mol. The van der Waals surface area contributed by atoms with Crippen LogP contribution in [0.2, 0.25) is 0 Å². The number of nitrogens with zero attached hydrogens (tertiary/aromatic N) is 5.